The first-order valence-electron chi connectivity index (χ1n) is 23.6. The molecular weight excluding hydrogens is 1550 g/mol. The van der Waals surface area contributed by atoms with Crippen molar-refractivity contribution in [3.63, 3.8) is 0 Å². The maximum absolute atomic E-state index is 13.0. The molecule has 0 aliphatic rings. The van der Waals surface area contributed by atoms with E-state index in [-0.39, 0.29) is 84.6 Å². The van der Waals surface area contributed by atoms with Gasteiger partial charge >= 0.3 is 0 Å². The van der Waals surface area contributed by atoms with Crippen molar-refractivity contribution in [2.45, 2.75) is 40.0 Å². The maximum atomic E-state index is 13.0. The zero-order valence-corrected chi connectivity index (χ0v) is 57.6. The van der Waals surface area contributed by atoms with Gasteiger partial charge in [0, 0.05) is 105 Å². The van der Waals surface area contributed by atoms with E-state index in [0.29, 0.717) is 124 Å². The van der Waals surface area contributed by atoms with Gasteiger partial charge in [0.2, 0.25) is 0 Å². The number of phenolic OH excluding ortho intramolecular Hbond substituents is 6. The Balaban J connectivity index is 0.000000205. The molecule has 415 valence electrons. The van der Waals surface area contributed by atoms with E-state index in [1.807, 2.05) is 51.7 Å². The van der Waals surface area contributed by atoms with Crippen molar-refractivity contribution in [2.75, 3.05) is 6.66 Å². The minimum atomic E-state index is -1.04. The Morgan fingerprint density at radius 3 is 1.22 bits per heavy atom. The van der Waals surface area contributed by atoms with E-state index in [9.17, 15) is 45.0 Å². The van der Waals surface area contributed by atoms with Crippen LogP contribution in [-0.2, 0) is 52.0 Å². The fourth-order valence-electron chi connectivity index (χ4n) is 7.95. The summed E-state index contributed by atoms with van der Waals surface area (Å²) in [6.07, 6.45) is 22.6. The second kappa shape index (κ2) is 30.0. The predicted molar refractivity (Wildman–Crippen MR) is 341 cm³/mol. The minimum Gasteiger partial charge on any atom is -0.508 e. The monoisotopic (exact) mass is 1590 g/mol. The quantitative estimate of drug-likeness (QED) is 0.0235. The van der Waals surface area contributed by atoms with Crippen LogP contribution in [0.15, 0.2) is 131 Å². The van der Waals surface area contributed by atoms with Crippen molar-refractivity contribution in [1.82, 2.24) is 0 Å². The molecule has 0 aliphatic heterocycles. The van der Waals surface area contributed by atoms with Crippen molar-refractivity contribution in [3.8, 4) is 83.1 Å². The summed E-state index contributed by atoms with van der Waals surface area (Å²) in [5.74, 6) is 3.13. The molecule has 6 aromatic carbocycles. The van der Waals surface area contributed by atoms with Gasteiger partial charge in [-0.3, -0.25) is 20.3 Å². The molecule has 1 radical (unpaired) electrons. The maximum Gasteiger partial charge on any atom is 0.197 e. The number of carbonyl (C=O) groups excluding carboxylic acids is 3. The number of carbonyl (C=O) groups is 3. The zero-order valence-electron chi connectivity index (χ0n) is 43.5. The molecule has 1 atom stereocenters. The second-order valence-electron chi connectivity index (χ2n) is 16.9. The van der Waals surface area contributed by atoms with E-state index >= 15 is 0 Å². The van der Waals surface area contributed by atoms with Crippen molar-refractivity contribution >= 4 is 162 Å². The number of rotatable bonds is 11. The number of para-hydroxylation sites is 1. The first kappa shape index (κ1) is 67.5. The summed E-state index contributed by atoms with van der Waals surface area (Å²) in [6, 6.07) is 24.2. The molecule has 9 aromatic rings. The van der Waals surface area contributed by atoms with Crippen LogP contribution in [0.1, 0.15) is 85.8 Å². The normalized spacial score (nSPS) is 10.8. The number of hydrogen-bond acceptors (Lipinski definition) is 12. The van der Waals surface area contributed by atoms with E-state index < -0.39 is 15.8 Å². The van der Waals surface area contributed by atoms with Gasteiger partial charge < -0.3 is 50.3 Å². The first-order valence-corrected chi connectivity index (χ1v) is 31.5. The third-order valence-corrected chi connectivity index (χ3v) is 19.2. The Labute approximate surface area is 550 Å². The van der Waals surface area contributed by atoms with Gasteiger partial charge in [-0.1, -0.05) is 69.3 Å². The van der Waals surface area contributed by atoms with Crippen molar-refractivity contribution in [2.24, 2.45) is 0 Å². The van der Waals surface area contributed by atoms with Crippen molar-refractivity contribution in [1.29, 1.82) is 0 Å². The van der Waals surface area contributed by atoms with Crippen LogP contribution < -0.4 is 0 Å². The number of furan rings is 3. The van der Waals surface area contributed by atoms with Crippen LogP contribution in [-0.4, -0.2) is 54.7 Å². The number of aromatic hydroxyl groups is 6. The number of hydrogen-bond donors (Lipinski definition) is 6. The Bertz CT molecular complexity index is 4040. The zero-order chi connectivity index (χ0) is 59.7. The molecule has 0 spiro atoms. The number of halogens is 6. The van der Waals surface area contributed by atoms with Gasteiger partial charge in [0.25, 0.3) is 0 Å². The topological polar surface area (TPSA) is 212 Å². The Kier molecular flexibility index (Phi) is 24.7. The second-order valence-corrected chi connectivity index (χ2v) is 25.8. The van der Waals surface area contributed by atoms with E-state index in [1.54, 1.807) is 30.3 Å². The SMILES string of the molecule is C#C[C-](P(C)C#C)P(C#C)C#C.CCc1oc2cc(O)c(O)cc2c1C(=O)c1cc(Br)c(O)c(Br)c1.CCc1oc2cc(O)ccc2c1C(=O)c1cc(Br)c(O)c(Br)c1.CCc1oc2ccccc2c1C(=O)c1cc(Br)c(O)c(Br)c1.[Y]. The van der Waals surface area contributed by atoms with Gasteiger partial charge in [0.1, 0.15) is 57.0 Å². The van der Waals surface area contributed by atoms with Gasteiger partial charge in [0.05, 0.1) is 43.5 Å². The molecule has 0 fully saturated rings. The molecule has 6 N–H and O–H groups in total. The van der Waals surface area contributed by atoms with E-state index in [4.69, 9.17) is 38.9 Å². The van der Waals surface area contributed by atoms with Crippen molar-refractivity contribution < 1.29 is 91.0 Å². The average molecular weight is 1600 g/mol. The molecule has 0 saturated heterocycles. The van der Waals surface area contributed by atoms with Crippen molar-refractivity contribution in [3.05, 3.63) is 174 Å². The summed E-state index contributed by atoms with van der Waals surface area (Å²) in [4.78, 5) is 38.9. The molecule has 0 aliphatic carbocycles. The summed E-state index contributed by atoms with van der Waals surface area (Å²) in [6.45, 7) is 7.58. The van der Waals surface area contributed by atoms with Gasteiger partial charge in [-0.2, -0.15) is 0 Å². The van der Waals surface area contributed by atoms with Crippen LogP contribution >= 0.6 is 111 Å². The predicted octanol–water partition coefficient (Wildman–Crippen LogP) is 18.0. The number of phenols is 6. The molecule has 0 saturated carbocycles. The van der Waals surface area contributed by atoms with Gasteiger partial charge in [-0.25, -0.2) is 0 Å². The third-order valence-electron chi connectivity index (χ3n) is 11.9. The standard InChI is InChI=1S/C17H12Br2O5.C17H12Br2O4.C17H12Br2O3.C10H7P2.Y/c1-2-13-15(8-5-11(20)12(21)6-14(8)24-13)16(22)7-3-9(18)17(23)10(19)4-7;1-2-13-15(10-4-3-9(20)7-14(10)23-13)16(21)8-5-11(18)17(22)12(19)6-8;1-2-13-15(10-5-3-4-6-14(10)22-13)16(20)9-7-11(18)17(21)12(19)8-9;1-6-10(11(5)7-2)12(8-3)9-4;/h3-6,20-21,23H,2H2,1H3;3-7,20,22H,2H2,1H3;3-8,21H,2H2,1H3;1-4H,5H3;/q;;;-1;. The van der Waals surface area contributed by atoms with Crippen LogP contribution in [0, 0.1) is 54.0 Å². The minimum absolute atomic E-state index is 0. The van der Waals surface area contributed by atoms with Gasteiger partial charge in [-0.05, 0) is 163 Å². The first-order chi connectivity index (χ1) is 38.5. The molecule has 3 heterocycles. The number of aryl methyl sites for hydroxylation is 3. The third kappa shape index (κ3) is 15.0. The molecular formula is C61H43Br6O12P2Y-. The Morgan fingerprint density at radius 1 is 0.488 bits per heavy atom. The molecule has 3 aromatic heterocycles. The molecule has 12 nitrogen and oxygen atoms in total. The molecule has 82 heavy (non-hydrogen) atoms. The molecule has 0 bridgehead atoms. The number of terminal acetylenes is 4. The molecule has 0 amide bonds. The molecule has 21 heteroatoms. The average Bonchev–Trinajstić information content (AvgIpc) is 4.37. The van der Waals surface area contributed by atoms with Crippen LogP contribution in [0.4, 0.5) is 0 Å². The summed E-state index contributed by atoms with van der Waals surface area (Å²) in [5, 5.41) is 61.0. The van der Waals surface area contributed by atoms with Crippen LogP contribution in [0.5, 0.6) is 34.5 Å². The summed E-state index contributed by atoms with van der Waals surface area (Å²) in [5.41, 5.74) is 11.7. The van der Waals surface area contributed by atoms with E-state index in [0.717, 1.165) is 10.8 Å². The number of ketones is 3. The van der Waals surface area contributed by atoms with Crippen LogP contribution in [0.2, 0.25) is 0 Å². The van der Waals surface area contributed by atoms with E-state index in [1.165, 1.54) is 36.4 Å². The largest absolute Gasteiger partial charge is 0.508 e. The fourth-order valence-corrected chi connectivity index (χ4v) is 14.0. The Hall–Kier alpha value is -5.30. The molecule has 9 rings (SSSR count). The Morgan fingerprint density at radius 2 is 0.841 bits per heavy atom. The fraction of sp³-hybridized carbons (Fsp3) is 0.115. The van der Waals surface area contributed by atoms with E-state index in [2.05, 4.69) is 118 Å². The summed E-state index contributed by atoms with van der Waals surface area (Å²) < 4.78 is 19.7. The van der Waals surface area contributed by atoms with Crippen LogP contribution in [0.25, 0.3) is 32.9 Å². The molecule has 1 unspecified atom stereocenters. The van der Waals surface area contributed by atoms with Gasteiger partial charge in [-0.15, -0.1) is 19.3 Å². The number of benzene rings is 6. The van der Waals surface area contributed by atoms with Gasteiger partial charge in [0.15, 0.2) is 28.8 Å². The summed E-state index contributed by atoms with van der Waals surface area (Å²) >= 11 is 19.4. The summed E-state index contributed by atoms with van der Waals surface area (Å²) in [7, 11) is -1.78. The smallest absolute Gasteiger partial charge is 0.197 e. The number of fused-ring (bicyclic) bond motifs is 3. The van der Waals surface area contributed by atoms with Crippen LogP contribution in [0.3, 0.4) is 0 Å².